The number of rotatable bonds is 8. The molecule has 9 heteroatoms. The zero-order valence-electron chi connectivity index (χ0n) is 17.2. The first-order valence-electron chi connectivity index (χ1n) is 9.49. The number of non-ortho nitro benzene ring substituents is 1. The van der Waals surface area contributed by atoms with Crippen LogP contribution in [0.4, 0.5) is 10.8 Å². The number of hydrogen-bond donors (Lipinski definition) is 0. The molecule has 0 atom stereocenters. The molecule has 0 spiro atoms. The van der Waals surface area contributed by atoms with Crippen molar-refractivity contribution in [2.24, 2.45) is 0 Å². The first-order chi connectivity index (χ1) is 13.9. The number of anilines is 1. The van der Waals surface area contributed by atoms with Crippen molar-refractivity contribution < 1.29 is 9.72 Å². The summed E-state index contributed by atoms with van der Waals surface area (Å²) < 4.78 is 1.05. The summed E-state index contributed by atoms with van der Waals surface area (Å²) in [5.74, 6) is -0.201. The number of benzene rings is 2. The number of fused-ring (bicyclic) bond motifs is 1. The minimum absolute atomic E-state index is 0. The van der Waals surface area contributed by atoms with Gasteiger partial charge in [-0.1, -0.05) is 24.3 Å². The number of halogens is 1. The monoisotopic (exact) mass is 448 g/mol. The maximum Gasteiger partial charge on any atom is 0.269 e. The molecule has 30 heavy (non-hydrogen) atoms. The van der Waals surface area contributed by atoms with E-state index in [-0.39, 0.29) is 24.0 Å². The summed E-state index contributed by atoms with van der Waals surface area (Å²) in [7, 11) is 3.99. The Morgan fingerprint density at radius 1 is 1.13 bits per heavy atom. The maximum atomic E-state index is 13.2. The van der Waals surface area contributed by atoms with Gasteiger partial charge in [0.05, 0.1) is 15.1 Å². The molecule has 0 saturated carbocycles. The van der Waals surface area contributed by atoms with Gasteiger partial charge in [-0.15, -0.1) is 12.4 Å². The molecule has 2 aromatic carbocycles. The van der Waals surface area contributed by atoms with Gasteiger partial charge < -0.3 is 4.90 Å². The van der Waals surface area contributed by atoms with E-state index in [1.165, 1.54) is 41.2 Å². The topological polar surface area (TPSA) is 79.6 Å². The highest BCUT2D eigenvalue weighted by molar-refractivity contribution is 7.22. The van der Waals surface area contributed by atoms with Crippen molar-refractivity contribution >= 4 is 50.7 Å². The van der Waals surface area contributed by atoms with Crippen molar-refractivity contribution in [1.29, 1.82) is 0 Å². The Hall–Kier alpha value is -2.55. The van der Waals surface area contributed by atoms with Crippen LogP contribution in [0.1, 0.15) is 29.3 Å². The molecule has 0 radical (unpaired) electrons. The standard InChI is InChI=1S/C21H24N4O3S.ClH/c1-4-15-6-11-18-19(14-15)29-21(22-18)24(13-5-12-23(2)3)20(26)16-7-9-17(10-8-16)25(27)28;/h6-11,14H,4-5,12-13H2,1-3H3;1H. The first kappa shape index (κ1) is 23.7. The Bertz CT molecular complexity index is 1020. The van der Waals surface area contributed by atoms with E-state index in [0.717, 1.165) is 29.6 Å². The highest BCUT2D eigenvalue weighted by atomic mass is 35.5. The Labute approximate surface area is 185 Å². The molecule has 3 aromatic rings. The quantitative estimate of drug-likeness (QED) is 0.365. The number of aryl methyl sites for hydroxylation is 1. The van der Waals surface area contributed by atoms with E-state index in [1.807, 2.05) is 20.2 Å². The number of hydrogen-bond acceptors (Lipinski definition) is 6. The van der Waals surface area contributed by atoms with Crippen LogP contribution in [0, 0.1) is 10.1 Å². The predicted octanol–water partition coefficient (Wildman–Crippen LogP) is 4.79. The van der Waals surface area contributed by atoms with Gasteiger partial charge in [0.25, 0.3) is 11.6 Å². The van der Waals surface area contributed by atoms with E-state index >= 15 is 0 Å². The summed E-state index contributed by atoms with van der Waals surface area (Å²) in [6.07, 6.45) is 1.74. The van der Waals surface area contributed by atoms with E-state index in [4.69, 9.17) is 0 Å². The lowest BCUT2D eigenvalue weighted by molar-refractivity contribution is -0.384. The number of nitrogens with zero attached hydrogens (tertiary/aromatic N) is 4. The maximum absolute atomic E-state index is 13.2. The molecule has 1 heterocycles. The fraction of sp³-hybridized carbons (Fsp3) is 0.333. The number of amides is 1. The predicted molar refractivity (Wildman–Crippen MR) is 124 cm³/mol. The van der Waals surface area contributed by atoms with Crippen LogP contribution in [-0.4, -0.2) is 47.9 Å². The largest absolute Gasteiger partial charge is 0.309 e. The lowest BCUT2D eigenvalue weighted by Gasteiger charge is -2.21. The summed E-state index contributed by atoms with van der Waals surface area (Å²) in [4.78, 5) is 32.1. The number of aromatic nitrogens is 1. The zero-order valence-corrected chi connectivity index (χ0v) is 18.8. The van der Waals surface area contributed by atoms with E-state index in [2.05, 4.69) is 28.9 Å². The molecule has 0 aliphatic carbocycles. The van der Waals surface area contributed by atoms with Crippen molar-refractivity contribution in [2.45, 2.75) is 19.8 Å². The van der Waals surface area contributed by atoms with Crippen LogP contribution >= 0.6 is 23.7 Å². The van der Waals surface area contributed by atoms with Gasteiger partial charge in [0.2, 0.25) is 0 Å². The molecule has 7 nitrogen and oxygen atoms in total. The van der Waals surface area contributed by atoms with Gasteiger partial charge in [-0.3, -0.25) is 19.8 Å². The van der Waals surface area contributed by atoms with Gasteiger partial charge in [0, 0.05) is 24.2 Å². The Balaban J connectivity index is 0.00000320. The first-order valence-corrected chi connectivity index (χ1v) is 10.3. The van der Waals surface area contributed by atoms with Crippen LogP contribution < -0.4 is 4.90 Å². The molecular weight excluding hydrogens is 424 g/mol. The average molecular weight is 449 g/mol. The van der Waals surface area contributed by atoms with Gasteiger partial charge in [-0.05, 0) is 63.3 Å². The number of nitro groups is 1. The van der Waals surface area contributed by atoms with Crippen LogP contribution in [0.25, 0.3) is 10.2 Å². The fourth-order valence-corrected chi connectivity index (χ4v) is 4.06. The minimum atomic E-state index is -0.470. The van der Waals surface area contributed by atoms with Gasteiger partial charge in [-0.2, -0.15) is 0 Å². The van der Waals surface area contributed by atoms with Crippen molar-refractivity contribution in [3.05, 3.63) is 63.7 Å². The van der Waals surface area contributed by atoms with E-state index < -0.39 is 4.92 Å². The minimum Gasteiger partial charge on any atom is -0.309 e. The molecule has 0 N–H and O–H groups in total. The molecule has 0 fully saturated rings. The number of thiazole rings is 1. The summed E-state index contributed by atoms with van der Waals surface area (Å²) in [5, 5.41) is 11.5. The van der Waals surface area contributed by atoms with Crippen LogP contribution in [-0.2, 0) is 6.42 Å². The Kier molecular flexibility index (Phi) is 8.28. The summed E-state index contributed by atoms with van der Waals surface area (Å²) >= 11 is 1.50. The lowest BCUT2D eigenvalue weighted by atomic mass is 10.2. The van der Waals surface area contributed by atoms with Gasteiger partial charge in [-0.25, -0.2) is 4.98 Å². The number of nitro benzene ring substituents is 1. The third kappa shape index (κ3) is 5.53. The molecule has 0 aliphatic heterocycles. The van der Waals surface area contributed by atoms with E-state index in [9.17, 15) is 14.9 Å². The van der Waals surface area contributed by atoms with Crippen LogP contribution in [0.2, 0.25) is 0 Å². The second-order valence-corrected chi connectivity index (χ2v) is 8.08. The summed E-state index contributed by atoms with van der Waals surface area (Å²) in [6.45, 7) is 3.47. The Morgan fingerprint density at radius 3 is 2.43 bits per heavy atom. The molecule has 3 rings (SSSR count). The second-order valence-electron chi connectivity index (χ2n) is 7.07. The average Bonchev–Trinajstić information content (AvgIpc) is 3.13. The molecule has 0 bridgehead atoms. The van der Waals surface area contributed by atoms with Crippen LogP contribution in [0.3, 0.4) is 0 Å². The zero-order chi connectivity index (χ0) is 21.0. The molecular formula is C21H25ClN4O3S. The SMILES string of the molecule is CCc1ccc2nc(N(CCCN(C)C)C(=O)c3ccc([N+](=O)[O-])cc3)sc2c1.Cl. The van der Waals surface area contributed by atoms with Gasteiger partial charge in [0.15, 0.2) is 5.13 Å². The summed E-state index contributed by atoms with van der Waals surface area (Å²) in [5.41, 5.74) is 2.48. The second kappa shape index (κ2) is 10.5. The van der Waals surface area contributed by atoms with Crippen molar-refractivity contribution in [2.75, 3.05) is 32.1 Å². The normalized spacial score (nSPS) is 10.8. The molecule has 1 amide bonds. The molecule has 0 aliphatic rings. The van der Waals surface area contributed by atoms with Gasteiger partial charge >= 0.3 is 0 Å². The third-order valence-corrected chi connectivity index (χ3v) is 5.68. The summed E-state index contributed by atoms with van der Waals surface area (Å²) in [6, 6.07) is 11.9. The van der Waals surface area contributed by atoms with E-state index in [1.54, 1.807) is 4.90 Å². The fourth-order valence-electron chi connectivity index (χ4n) is 3.00. The van der Waals surface area contributed by atoms with Crippen molar-refractivity contribution in [3.8, 4) is 0 Å². The van der Waals surface area contributed by atoms with Crippen molar-refractivity contribution in [1.82, 2.24) is 9.88 Å². The highest BCUT2D eigenvalue weighted by Gasteiger charge is 2.22. The lowest BCUT2D eigenvalue weighted by Crippen LogP contribution is -2.33. The smallest absolute Gasteiger partial charge is 0.269 e. The highest BCUT2D eigenvalue weighted by Crippen LogP contribution is 2.31. The molecule has 0 saturated heterocycles. The third-order valence-electron chi connectivity index (χ3n) is 4.64. The van der Waals surface area contributed by atoms with Gasteiger partial charge in [0.1, 0.15) is 0 Å². The number of carbonyl (C=O) groups excluding carboxylic acids is 1. The van der Waals surface area contributed by atoms with Crippen LogP contribution in [0.5, 0.6) is 0 Å². The van der Waals surface area contributed by atoms with E-state index in [0.29, 0.717) is 17.2 Å². The van der Waals surface area contributed by atoms with Crippen molar-refractivity contribution in [3.63, 3.8) is 0 Å². The molecule has 1 aromatic heterocycles. The molecule has 0 unspecified atom stereocenters. The van der Waals surface area contributed by atoms with Crippen LogP contribution in [0.15, 0.2) is 42.5 Å². The molecule has 160 valence electrons. The number of carbonyl (C=O) groups is 1. The Morgan fingerprint density at radius 2 is 1.83 bits per heavy atom.